The lowest BCUT2D eigenvalue weighted by Gasteiger charge is -2.38. The zero-order valence-electron chi connectivity index (χ0n) is 11.8. The Kier molecular flexibility index (Phi) is 4.86. The van der Waals surface area contributed by atoms with Crippen LogP contribution in [0.3, 0.4) is 0 Å². The largest absolute Gasteiger partial charge is 0.492 e. The third kappa shape index (κ3) is 3.68. The third-order valence-corrected chi connectivity index (χ3v) is 5.33. The molecule has 2 saturated heterocycles. The maximum absolute atomic E-state index is 6.04. The van der Waals surface area contributed by atoms with Crippen LogP contribution >= 0.6 is 11.8 Å². The van der Waals surface area contributed by atoms with Crippen molar-refractivity contribution in [3.63, 3.8) is 0 Å². The number of para-hydroxylation sites is 1. The van der Waals surface area contributed by atoms with Crippen molar-refractivity contribution in [3.05, 3.63) is 30.3 Å². The molecule has 3 nitrogen and oxygen atoms in total. The molecule has 4 heteroatoms. The van der Waals surface area contributed by atoms with Gasteiger partial charge in [-0.05, 0) is 37.1 Å². The van der Waals surface area contributed by atoms with E-state index in [2.05, 4.69) is 5.32 Å². The molecular weight excluding hydrogens is 270 g/mol. The van der Waals surface area contributed by atoms with Gasteiger partial charge in [0.25, 0.3) is 0 Å². The molecule has 1 N–H and O–H groups in total. The maximum atomic E-state index is 6.04. The Balaban J connectivity index is 1.38. The van der Waals surface area contributed by atoms with Crippen molar-refractivity contribution in [1.29, 1.82) is 0 Å². The molecule has 0 aliphatic carbocycles. The molecule has 1 spiro atoms. The predicted octanol–water partition coefficient (Wildman–Crippen LogP) is 2.71. The molecule has 0 saturated carbocycles. The minimum Gasteiger partial charge on any atom is -0.492 e. The molecule has 1 aromatic rings. The number of nitrogens with one attached hydrogen (secondary N) is 1. The van der Waals surface area contributed by atoms with E-state index in [1.165, 1.54) is 17.9 Å². The van der Waals surface area contributed by atoms with Gasteiger partial charge in [-0.2, -0.15) is 11.8 Å². The Morgan fingerprint density at radius 3 is 3.05 bits per heavy atom. The van der Waals surface area contributed by atoms with Crippen molar-refractivity contribution >= 4 is 11.8 Å². The minimum absolute atomic E-state index is 0.168. The van der Waals surface area contributed by atoms with Gasteiger partial charge in [0.05, 0.1) is 5.60 Å². The normalized spacial score (nSPS) is 29.7. The molecule has 2 heterocycles. The summed E-state index contributed by atoms with van der Waals surface area (Å²) in [6.07, 6.45) is 3.50. The molecule has 3 rings (SSSR count). The van der Waals surface area contributed by atoms with E-state index in [0.717, 1.165) is 38.3 Å². The summed E-state index contributed by atoms with van der Waals surface area (Å²) < 4.78 is 11.8. The van der Waals surface area contributed by atoms with Crippen LogP contribution in [0.15, 0.2) is 30.3 Å². The van der Waals surface area contributed by atoms with E-state index in [-0.39, 0.29) is 5.60 Å². The first-order valence-corrected chi connectivity index (χ1v) is 8.65. The predicted molar refractivity (Wildman–Crippen MR) is 83.6 cm³/mol. The summed E-state index contributed by atoms with van der Waals surface area (Å²) in [4.78, 5) is 0. The first kappa shape index (κ1) is 14.2. The number of ether oxygens (including phenoxy) is 2. The van der Waals surface area contributed by atoms with Crippen LogP contribution in [-0.2, 0) is 4.74 Å². The molecule has 0 radical (unpaired) electrons. The standard InChI is InChI=1S/C16H23NO2S/c1-2-4-15(5-3-1)18-10-8-17-14-6-9-19-16(12-14)7-11-20-13-16/h1-5,14,17H,6-13H2. The molecule has 2 aliphatic heterocycles. The SMILES string of the molecule is c1ccc(OCCNC2CCOC3(CCSC3)C2)cc1. The highest BCUT2D eigenvalue weighted by Gasteiger charge is 2.40. The number of rotatable bonds is 5. The zero-order chi connectivity index (χ0) is 13.7. The van der Waals surface area contributed by atoms with Crippen LogP contribution in [0.4, 0.5) is 0 Å². The number of hydrogen-bond acceptors (Lipinski definition) is 4. The number of benzene rings is 1. The Bertz CT molecular complexity index is 406. The van der Waals surface area contributed by atoms with E-state index < -0.39 is 0 Å². The molecule has 0 aromatic heterocycles. The number of hydrogen-bond donors (Lipinski definition) is 1. The van der Waals surface area contributed by atoms with Crippen molar-refractivity contribution in [1.82, 2.24) is 5.32 Å². The zero-order valence-corrected chi connectivity index (χ0v) is 12.7. The van der Waals surface area contributed by atoms with Crippen LogP contribution in [0.5, 0.6) is 5.75 Å². The summed E-state index contributed by atoms with van der Waals surface area (Å²) in [7, 11) is 0. The first-order valence-electron chi connectivity index (χ1n) is 7.49. The lowest BCUT2D eigenvalue weighted by atomic mass is 9.90. The fraction of sp³-hybridized carbons (Fsp3) is 0.625. The second-order valence-electron chi connectivity index (χ2n) is 5.64. The minimum atomic E-state index is 0.168. The summed E-state index contributed by atoms with van der Waals surface area (Å²) in [6.45, 7) is 2.53. The molecular formula is C16H23NO2S. The van der Waals surface area contributed by atoms with Gasteiger partial charge in [-0.15, -0.1) is 0 Å². The van der Waals surface area contributed by atoms with Crippen molar-refractivity contribution in [3.8, 4) is 5.75 Å². The first-order chi connectivity index (χ1) is 9.86. The van der Waals surface area contributed by atoms with E-state index in [1.807, 2.05) is 42.1 Å². The molecule has 1 aromatic carbocycles. The van der Waals surface area contributed by atoms with Crippen LogP contribution < -0.4 is 10.1 Å². The van der Waals surface area contributed by atoms with Gasteiger partial charge in [-0.25, -0.2) is 0 Å². The summed E-state index contributed by atoms with van der Waals surface area (Å²) in [6, 6.07) is 10.6. The van der Waals surface area contributed by atoms with Gasteiger partial charge >= 0.3 is 0 Å². The summed E-state index contributed by atoms with van der Waals surface area (Å²) in [5, 5.41) is 3.63. The molecule has 2 fully saturated rings. The van der Waals surface area contributed by atoms with Crippen LogP contribution in [0.2, 0.25) is 0 Å². The van der Waals surface area contributed by atoms with Crippen LogP contribution in [0, 0.1) is 0 Å². The molecule has 2 atom stereocenters. The van der Waals surface area contributed by atoms with Crippen LogP contribution in [-0.4, -0.2) is 42.9 Å². The van der Waals surface area contributed by atoms with E-state index in [4.69, 9.17) is 9.47 Å². The maximum Gasteiger partial charge on any atom is 0.119 e. The van der Waals surface area contributed by atoms with E-state index in [1.54, 1.807) is 0 Å². The van der Waals surface area contributed by atoms with Crippen LogP contribution in [0.25, 0.3) is 0 Å². The summed E-state index contributed by atoms with van der Waals surface area (Å²) in [5.41, 5.74) is 0.168. The third-order valence-electron chi connectivity index (χ3n) is 4.11. The van der Waals surface area contributed by atoms with Gasteiger partial charge in [0.1, 0.15) is 12.4 Å². The average Bonchev–Trinajstić information content (AvgIpc) is 2.93. The summed E-state index contributed by atoms with van der Waals surface area (Å²) in [5.74, 6) is 3.38. The highest BCUT2D eigenvalue weighted by atomic mass is 32.2. The topological polar surface area (TPSA) is 30.5 Å². The van der Waals surface area contributed by atoms with Gasteiger partial charge in [0.2, 0.25) is 0 Å². The van der Waals surface area contributed by atoms with Gasteiger partial charge in [0.15, 0.2) is 0 Å². The van der Waals surface area contributed by atoms with E-state index in [9.17, 15) is 0 Å². The van der Waals surface area contributed by atoms with Gasteiger partial charge in [-0.3, -0.25) is 0 Å². The smallest absolute Gasteiger partial charge is 0.119 e. The monoisotopic (exact) mass is 293 g/mol. The highest BCUT2D eigenvalue weighted by Crippen LogP contribution is 2.38. The second kappa shape index (κ2) is 6.83. The van der Waals surface area contributed by atoms with Crippen molar-refractivity contribution in [2.45, 2.75) is 30.9 Å². The Morgan fingerprint density at radius 1 is 1.35 bits per heavy atom. The van der Waals surface area contributed by atoms with Gasteiger partial charge in [0, 0.05) is 24.9 Å². The Labute approximate surface area is 125 Å². The average molecular weight is 293 g/mol. The van der Waals surface area contributed by atoms with Crippen LogP contribution in [0.1, 0.15) is 19.3 Å². The fourth-order valence-electron chi connectivity index (χ4n) is 3.01. The lowest BCUT2D eigenvalue weighted by molar-refractivity contribution is -0.0702. The molecule has 0 bridgehead atoms. The molecule has 110 valence electrons. The Hall–Kier alpha value is -0.710. The van der Waals surface area contributed by atoms with Crippen molar-refractivity contribution < 1.29 is 9.47 Å². The Morgan fingerprint density at radius 2 is 2.25 bits per heavy atom. The quantitative estimate of drug-likeness (QED) is 0.846. The van der Waals surface area contributed by atoms with Crippen molar-refractivity contribution in [2.75, 3.05) is 31.3 Å². The van der Waals surface area contributed by atoms with Gasteiger partial charge in [-0.1, -0.05) is 18.2 Å². The molecule has 0 amide bonds. The second-order valence-corrected chi connectivity index (χ2v) is 6.74. The lowest BCUT2D eigenvalue weighted by Crippen LogP contribution is -2.47. The number of thioether (sulfide) groups is 1. The van der Waals surface area contributed by atoms with Gasteiger partial charge < -0.3 is 14.8 Å². The highest BCUT2D eigenvalue weighted by molar-refractivity contribution is 7.99. The van der Waals surface area contributed by atoms with E-state index >= 15 is 0 Å². The van der Waals surface area contributed by atoms with Crippen molar-refractivity contribution in [2.24, 2.45) is 0 Å². The summed E-state index contributed by atoms with van der Waals surface area (Å²) >= 11 is 2.03. The fourth-order valence-corrected chi connectivity index (χ4v) is 4.39. The van der Waals surface area contributed by atoms with E-state index in [0.29, 0.717) is 6.04 Å². The molecule has 2 aliphatic rings. The molecule has 2 unspecified atom stereocenters. The molecule has 20 heavy (non-hydrogen) atoms.